The second-order valence-electron chi connectivity index (χ2n) is 5.63. The van der Waals surface area contributed by atoms with Crippen molar-refractivity contribution in [2.45, 2.75) is 58.9 Å². The van der Waals surface area contributed by atoms with Crippen LogP contribution in [0.1, 0.15) is 53.0 Å². The fourth-order valence-electron chi connectivity index (χ4n) is 2.03. The van der Waals surface area contributed by atoms with E-state index in [1.165, 1.54) is 24.1 Å². The summed E-state index contributed by atoms with van der Waals surface area (Å²) in [6.07, 6.45) is 2.45. The molecule has 0 heterocycles. The number of anilines is 1. The summed E-state index contributed by atoms with van der Waals surface area (Å²) in [5.74, 6) is 0. The van der Waals surface area contributed by atoms with Gasteiger partial charge in [0.2, 0.25) is 0 Å². The van der Waals surface area contributed by atoms with Crippen LogP contribution < -0.4 is 5.32 Å². The SMILES string of the molecule is CCCC(C)Nc1ccccc1C(C)(C)C. The molecule has 0 amide bonds. The molecule has 1 aromatic carbocycles. The number of hydrogen-bond donors (Lipinski definition) is 1. The molecule has 0 fully saturated rings. The summed E-state index contributed by atoms with van der Waals surface area (Å²) in [7, 11) is 0. The Bertz CT molecular complexity index is 322. The highest BCUT2D eigenvalue weighted by atomic mass is 14.9. The van der Waals surface area contributed by atoms with Gasteiger partial charge >= 0.3 is 0 Å². The fraction of sp³-hybridized carbons (Fsp3) is 0.600. The molecule has 1 aromatic rings. The van der Waals surface area contributed by atoms with E-state index in [1.807, 2.05) is 0 Å². The highest BCUT2D eigenvalue weighted by Gasteiger charge is 2.17. The first-order valence-electron chi connectivity index (χ1n) is 6.31. The van der Waals surface area contributed by atoms with Crippen LogP contribution in [0.25, 0.3) is 0 Å². The van der Waals surface area contributed by atoms with Crippen molar-refractivity contribution >= 4 is 5.69 Å². The highest BCUT2D eigenvalue weighted by Crippen LogP contribution is 2.29. The van der Waals surface area contributed by atoms with Crippen LogP contribution in [0, 0.1) is 0 Å². The van der Waals surface area contributed by atoms with Gasteiger partial charge in [-0.05, 0) is 30.4 Å². The van der Waals surface area contributed by atoms with E-state index in [-0.39, 0.29) is 5.41 Å². The lowest BCUT2D eigenvalue weighted by Crippen LogP contribution is -2.20. The molecule has 1 heteroatoms. The van der Waals surface area contributed by atoms with Crippen molar-refractivity contribution in [1.29, 1.82) is 0 Å². The first kappa shape index (κ1) is 13.1. The summed E-state index contributed by atoms with van der Waals surface area (Å²) in [5.41, 5.74) is 2.89. The van der Waals surface area contributed by atoms with Gasteiger partial charge in [0.15, 0.2) is 0 Å². The van der Waals surface area contributed by atoms with Gasteiger partial charge in [0.25, 0.3) is 0 Å². The average Bonchev–Trinajstić information content (AvgIpc) is 2.17. The number of nitrogens with one attached hydrogen (secondary N) is 1. The van der Waals surface area contributed by atoms with Crippen LogP contribution in [0.4, 0.5) is 5.69 Å². The maximum Gasteiger partial charge on any atom is 0.0380 e. The molecule has 0 aliphatic heterocycles. The van der Waals surface area contributed by atoms with E-state index in [0.29, 0.717) is 6.04 Å². The lowest BCUT2D eigenvalue weighted by Gasteiger charge is -2.25. The summed E-state index contributed by atoms with van der Waals surface area (Å²) >= 11 is 0. The Morgan fingerprint density at radius 2 is 1.81 bits per heavy atom. The van der Waals surface area contributed by atoms with Crippen molar-refractivity contribution in [3.05, 3.63) is 29.8 Å². The minimum atomic E-state index is 0.204. The van der Waals surface area contributed by atoms with Gasteiger partial charge in [0.05, 0.1) is 0 Å². The van der Waals surface area contributed by atoms with Crippen LogP contribution in [0.3, 0.4) is 0 Å². The maximum atomic E-state index is 3.62. The van der Waals surface area contributed by atoms with E-state index in [1.54, 1.807) is 0 Å². The molecule has 1 atom stereocenters. The Balaban J connectivity index is 2.87. The van der Waals surface area contributed by atoms with Crippen LogP contribution in [-0.2, 0) is 5.41 Å². The van der Waals surface area contributed by atoms with Crippen molar-refractivity contribution < 1.29 is 0 Å². The lowest BCUT2D eigenvalue weighted by atomic mass is 9.85. The number of rotatable bonds is 4. The molecule has 0 bridgehead atoms. The first-order valence-corrected chi connectivity index (χ1v) is 6.31. The number of para-hydroxylation sites is 1. The highest BCUT2D eigenvalue weighted by molar-refractivity contribution is 5.54. The largest absolute Gasteiger partial charge is 0.382 e. The van der Waals surface area contributed by atoms with Crippen LogP contribution >= 0.6 is 0 Å². The van der Waals surface area contributed by atoms with E-state index in [9.17, 15) is 0 Å². The number of hydrogen-bond acceptors (Lipinski definition) is 1. The fourth-order valence-corrected chi connectivity index (χ4v) is 2.03. The average molecular weight is 219 g/mol. The Labute approximate surface area is 100 Å². The van der Waals surface area contributed by atoms with Crippen LogP contribution in [0.5, 0.6) is 0 Å². The predicted molar refractivity (Wildman–Crippen MR) is 73.1 cm³/mol. The summed E-state index contributed by atoms with van der Waals surface area (Å²) in [5, 5.41) is 3.62. The molecule has 0 spiro atoms. The maximum absolute atomic E-state index is 3.62. The second-order valence-corrected chi connectivity index (χ2v) is 5.63. The van der Waals surface area contributed by atoms with Crippen molar-refractivity contribution in [2.75, 3.05) is 5.32 Å². The lowest BCUT2D eigenvalue weighted by molar-refractivity contribution is 0.589. The van der Waals surface area contributed by atoms with Gasteiger partial charge in [0, 0.05) is 11.7 Å². The molecule has 90 valence electrons. The summed E-state index contributed by atoms with van der Waals surface area (Å²) < 4.78 is 0. The van der Waals surface area contributed by atoms with E-state index in [2.05, 4.69) is 64.2 Å². The third kappa shape index (κ3) is 3.55. The predicted octanol–water partition coefficient (Wildman–Crippen LogP) is 4.58. The quantitative estimate of drug-likeness (QED) is 0.781. The van der Waals surface area contributed by atoms with Gasteiger partial charge in [0.1, 0.15) is 0 Å². The molecular weight excluding hydrogens is 194 g/mol. The topological polar surface area (TPSA) is 12.0 Å². The van der Waals surface area contributed by atoms with Crippen molar-refractivity contribution in [3.63, 3.8) is 0 Å². The standard InChI is InChI=1S/C15H25N/c1-6-9-12(2)16-14-11-8-7-10-13(14)15(3,4)5/h7-8,10-12,16H,6,9H2,1-5H3. The zero-order valence-corrected chi connectivity index (χ0v) is 11.3. The summed E-state index contributed by atoms with van der Waals surface area (Å²) in [6.45, 7) is 11.3. The zero-order valence-electron chi connectivity index (χ0n) is 11.3. The molecule has 1 nitrogen and oxygen atoms in total. The molecule has 0 aliphatic rings. The molecule has 0 saturated carbocycles. The third-order valence-corrected chi connectivity index (χ3v) is 2.86. The van der Waals surface area contributed by atoms with E-state index in [0.717, 1.165) is 0 Å². The molecule has 0 radical (unpaired) electrons. The third-order valence-electron chi connectivity index (χ3n) is 2.86. The zero-order chi connectivity index (χ0) is 12.2. The van der Waals surface area contributed by atoms with E-state index < -0.39 is 0 Å². The molecular formula is C15H25N. The monoisotopic (exact) mass is 219 g/mol. The molecule has 0 aliphatic carbocycles. The van der Waals surface area contributed by atoms with E-state index >= 15 is 0 Å². The van der Waals surface area contributed by atoms with Crippen molar-refractivity contribution in [2.24, 2.45) is 0 Å². The summed E-state index contributed by atoms with van der Waals surface area (Å²) in [4.78, 5) is 0. The number of benzene rings is 1. The van der Waals surface area contributed by atoms with Crippen molar-refractivity contribution in [3.8, 4) is 0 Å². The molecule has 1 rings (SSSR count). The Morgan fingerprint density at radius 3 is 2.38 bits per heavy atom. The van der Waals surface area contributed by atoms with Crippen LogP contribution in [0.2, 0.25) is 0 Å². The van der Waals surface area contributed by atoms with Gasteiger partial charge in [-0.3, -0.25) is 0 Å². The molecule has 1 N–H and O–H groups in total. The van der Waals surface area contributed by atoms with Gasteiger partial charge in [-0.2, -0.15) is 0 Å². The van der Waals surface area contributed by atoms with Gasteiger partial charge < -0.3 is 5.32 Å². The first-order chi connectivity index (χ1) is 7.45. The van der Waals surface area contributed by atoms with Gasteiger partial charge in [-0.25, -0.2) is 0 Å². The normalized spacial score (nSPS) is 13.6. The second kappa shape index (κ2) is 5.38. The molecule has 0 aromatic heterocycles. The molecule has 1 unspecified atom stereocenters. The van der Waals surface area contributed by atoms with Crippen LogP contribution in [-0.4, -0.2) is 6.04 Å². The molecule has 16 heavy (non-hydrogen) atoms. The van der Waals surface area contributed by atoms with Crippen molar-refractivity contribution in [1.82, 2.24) is 0 Å². The minimum absolute atomic E-state index is 0.204. The Kier molecular flexibility index (Phi) is 4.40. The van der Waals surface area contributed by atoms with Gasteiger partial charge in [-0.1, -0.05) is 52.3 Å². The minimum Gasteiger partial charge on any atom is -0.382 e. The molecule has 0 saturated heterocycles. The summed E-state index contributed by atoms with van der Waals surface area (Å²) in [6, 6.07) is 9.19. The Morgan fingerprint density at radius 1 is 1.19 bits per heavy atom. The van der Waals surface area contributed by atoms with Crippen LogP contribution in [0.15, 0.2) is 24.3 Å². The van der Waals surface area contributed by atoms with Gasteiger partial charge in [-0.15, -0.1) is 0 Å². The smallest absolute Gasteiger partial charge is 0.0380 e. The van der Waals surface area contributed by atoms with E-state index in [4.69, 9.17) is 0 Å². The Hall–Kier alpha value is -0.980.